The third-order valence-electron chi connectivity index (χ3n) is 3.02. The maximum atomic E-state index is 5.70. The number of benzene rings is 1. The lowest BCUT2D eigenvalue weighted by Crippen LogP contribution is -2.02. The Morgan fingerprint density at radius 1 is 1.28 bits per heavy atom. The van der Waals surface area contributed by atoms with Gasteiger partial charge in [-0.05, 0) is 25.5 Å². The molecule has 0 radical (unpaired) electrons. The fraction of sp³-hybridized carbons (Fsp3) is 0.214. The Kier molecular flexibility index (Phi) is 2.89. The number of hydrogen-bond donors (Lipinski definition) is 1. The molecular formula is C14H15N3S. The molecule has 0 saturated heterocycles. The minimum atomic E-state index is 0.669. The molecule has 3 rings (SSSR count). The second-order valence-electron chi connectivity index (χ2n) is 4.36. The second kappa shape index (κ2) is 4.55. The van der Waals surface area contributed by atoms with E-state index in [-0.39, 0.29) is 0 Å². The van der Waals surface area contributed by atoms with Gasteiger partial charge in [0.2, 0.25) is 0 Å². The van der Waals surface area contributed by atoms with Crippen molar-refractivity contribution in [2.45, 2.75) is 13.3 Å². The molecule has 0 saturated carbocycles. The number of hydrogen-bond acceptors (Lipinski definition) is 3. The molecule has 2 heterocycles. The normalized spacial score (nSPS) is 11.2. The average molecular weight is 257 g/mol. The quantitative estimate of drug-likeness (QED) is 0.784. The number of nitrogens with two attached hydrogens (primary N) is 1. The first-order valence-electron chi connectivity index (χ1n) is 6.01. The second-order valence-corrected chi connectivity index (χ2v) is 5.42. The van der Waals surface area contributed by atoms with Crippen molar-refractivity contribution in [2.24, 2.45) is 5.73 Å². The van der Waals surface area contributed by atoms with Gasteiger partial charge in [-0.25, -0.2) is 4.98 Å². The number of rotatable bonds is 3. The molecule has 0 aliphatic heterocycles. The Balaban J connectivity index is 2.21. The molecule has 0 spiro atoms. The molecular weight excluding hydrogens is 242 g/mol. The zero-order valence-electron chi connectivity index (χ0n) is 10.3. The van der Waals surface area contributed by atoms with Crippen LogP contribution in [0.25, 0.3) is 16.2 Å². The van der Waals surface area contributed by atoms with E-state index in [0.29, 0.717) is 6.54 Å². The van der Waals surface area contributed by atoms with Crippen LogP contribution in [0, 0.1) is 6.92 Å². The van der Waals surface area contributed by atoms with E-state index in [1.807, 2.05) is 12.4 Å². The van der Waals surface area contributed by atoms with Gasteiger partial charge in [-0.15, -0.1) is 11.3 Å². The van der Waals surface area contributed by atoms with Crippen LogP contribution in [0.3, 0.4) is 0 Å². The maximum absolute atomic E-state index is 5.70. The van der Waals surface area contributed by atoms with Crippen LogP contribution < -0.4 is 5.73 Å². The third-order valence-corrected chi connectivity index (χ3v) is 4.15. The number of nitrogens with zero attached hydrogens (tertiary/aromatic N) is 2. The third kappa shape index (κ3) is 1.83. The zero-order valence-corrected chi connectivity index (χ0v) is 11.1. The standard InChI is InChI=1S/C14H15N3S/c1-10-2-4-11(5-3-10)13-12(6-7-15)18-14-16-8-9-17(13)14/h2-5,8-9H,6-7,15H2,1H3. The Morgan fingerprint density at radius 2 is 2.06 bits per heavy atom. The van der Waals surface area contributed by atoms with Crippen LogP contribution in [0.5, 0.6) is 0 Å². The molecule has 4 heteroatoms. The molecule has 0 atom stereocenters. The Bertz CT molecular complexity index is 664. The van der Waals surface area contributed by atoms with Crippen LogP contribution >= 0.6 is 11.3 Å². The van der Waals surface area contributed by atoms with Gasteiger partial charge in [-0.3, -0.25) is 4.40 Å². The van der Waals surface area contributed by atoms with E-state index < -0.39 is 0 Å². The minimum absolute atomic E-state index is 0.669. The molecule has 0 amide bonds. The van der Waals surface area contributed by atoms with Crippen LogP contribution in [0.2, 0.25) is 0 Å². The number of imidazole rings is 1. The van der Waals surface area contributed by atoms with Crippen molar-refractivity contribution >= 4 is 16.3 Å². The Labute approximate surface area is 110 Å². The first-order valence-corrected chi connectivity index (χ1v) is 6.83. The van der Waals surface area contributed by atoms with Gasteiger partial charge >= 0.3 is 0 Å². The highest BCUT2D eigenvalue weighted by atomic mass is 32.1. The molecule has 2 N–H and O–H groups in total. The van der Waals surface area contributed by atoms with Crippen LogP contribution in [0.1, 0.15) is 10.4 Å². The summed E-state index contributed by atoms with van der Waals surface area (Å²) in [7, 11) is 0. The average Bonchev–Trinajstić information content (AvgIpc) is 2.91. The fourth-order valence-corrected chi connectivity index (χ4v) is 3.26. The smallest absolute Gasteiger partial charge is 0.194 e. The monoisotopic (exact) mass is 257 g/mol. The van der Waals surface area contributed by atoms with Crippen LogP contribution in [-0.4, -0.2) is 15.9 Å². The molecule has 1 aromatic carbocycles. The van der Waals surface area contributed by atoms with Crippen molar-refractivity contribution < 1.29 is 0 Å². The van der Waals surface area contributed by atoms with E-state index in [9.17, 15) is 0 Å². The van der Waals surface area contributed by atoms with Gasteiger partial charge in [0, 0.05) is 17.3 Å². The van der Waals surface area contributed by atoms with E-state index >= 15 is 0 Å². The maximum Gasteiger partial charge on any atom is 0.194 e. The molecule has 0 unspecified atom stereocenters. The summed E-state index contributed by atoms with van der Waals surface area (Å²) < 4.78 is 2.15. The molecule has 3 nitrogen and oxygen atoms in total. The highest BCUT2D eigenvalue weighted by molar-refractivity contribution is 7.17. The number of aryl methyl sites for hydroxylation is 1. The molecule has 0 aliphatic rings. The summed E-state index contributed by atoms with van der Waals surface area (Å²) in [5, 5.41) is 0. The first-order chi connectivity index (χ1) is 8.79. The zero-order chi connectivity index (χ0) is 12.5. The highest BCUT2D eigenvalue weighted by Crippen LogP contribution is 2.31. The lowest BCUT2D eigenvalue weighted by molar-refractivity contribution is 0.981. The number of aromatic nitrogens is 2. The van der Waals surface area contributed by atoms with Gasteiger partial charge in [0.1, 0.15) is 0 Å². The Morgan fingerprint density at radius 3 is 2.78 bits per heavy atom. The van der Waals surface area contributed by atoms with Gasteiger partial charge in [0.15, 0.2) is 4.96 Å². The summed E-state index contributed by atoms with van der Waals surface area (Å²) in [6, 6.07) is 8.61. The predicted octanol–water partition coefficient (Wildman–Crippen LogP) is 2.87. The van der Waals surface area contributed by atoms with Crippen LogP contribution in [0.15, 0.2) is 36.7 Å². The van der Waals surface area contributed by atoms with E-state index in [2.05, 4.69) is 40.6 Å². The van der Waals surface area contributed by atoms with Crippen molar-refractivity contribution in [3.8, 4) is 11.3 Å². The van der Waals surface area contributed by atoms with Gasteiger partial charge in [-0.1, -0.05) is 29.8 Å². The van der Waals surface area contributed by atoms with Crippen LogP contribution in [0.4, 0.5) is 0 Å². The molecule has 92 valence electrons. The van der Waals surface area contributed by atoms with Gasteiger partial charge < -0.3 is 5.73 Å². The number of fused-ring (bicyclic) bond motifs is 1. The summed E-state index contributed by atoms with van der Waals surface area (Å²) >= 11 is 1.73. The summed E-state index contributed by atoms with van der Waals surface area (Å²) in [4.78, 5) is 6.71. The van der Waals surface area contributed by atoms with Gasteiger partial charge in [0.05, 0.1) is 5.69 Å². The van der Waals surface area contributed by atoms with Gasteiger partial charge in [-0.2, -0.15) is 0 Å². The molecule has 0 aliphatic carbocycles. The van der Waals surface area contributed by atoms with E-state index in [1.165, 1.54) is 21.7 Å². The van der Waals surface area contributed by atoms with E-state index in [0.717, 1.165) is 11.4 Å². The van der Waals surface area contributed by atoms with Crippen molar-refractivity contribution in [2.75, 3.05) is 6.54 Å². The van der Waals surface area contributed by atoms with Gasteiger partial charge in [0.25, 0.3) is 0 Å². The van der Waals surface area contributed by atoms with Crippen molar-refractivity contribution in [3.63, 3.8) is 0 Å². The minimum Gasteiger partial charge on any atom is -0.330 e. The fourth-order valence-electron chi connectivity index (χ4n) is 2.14. The Hall–Kier alpha value is -1.65. The SMILES string of the molecule is Cc1ccc(-c2c(CCN)sc3nccn23)cc1. The van der Waals surface area contributed by atoms with E-state index in [4.69, 9.17) is 5.73 Å². The lowest BCUT2D eigenvalue weighted by atomic mass is 10.1. The van der Waals surface area contributed by atoms with Crippen LogP contribution in [-0.2, 0) is 6.42 Å². The predicted molar refractivity (Wildman–Crippen MR) is 76.0 cm³/mol. The van der Waals surface area contributed by atoms with E-state index in [1.54, 1.807) is 11.3 Å². The summed E-state index contributed by atoms with van der Waals surface area (Å²) in [6.07, 6.45) is 4.76. The topological polar surface area (TPSA) is 43.3 Å². The van der Waals surface area contributed by atoms with Crippen molar-refractivity contribution in [1.82, 2.24) is 9.38 Å². The molecule has 0 fully saturated rings. The molecule has 3 aromatic rings. The molecule has 18 heavy (non-hydrogen) atoms. The number of thiazole rings is 1. The first kappa shape index (κ1) is 11.4. The molecule has 2 aromatic heterocycles. The lowest BCUT2D eigenvalue weighted by Gasteiger charge is -2.04. The molecule has 0 bridgehead atoms. The highest BCUT2D eigenvalue weighted by Gasteiger charge is 2.13. The summed E-state index contributed by atoms with van der Waals surface area (Å²) in [5.74, 6) is 0. The summed E-state index contributed by atoms with van der Waals surface area (Å²) in [6.45, 7) is 2.77. The van der Waals surface area contributed by atoms with Crippen molar-refractivity contribution in [1.29, 1.82) is 0 Å². The van der Waals surface area contributed by atoms with Crippen molar-refractivity contribution in [3.05, 3.63) is 47.1 Å². The largest absolute Gasteiger partial charge is 0.330 e. The summed E-state index contributed by atoms with van der Waals surface area (Å²) in [5.41, 5.74) is 9.44.